The number of imidazole rings is 1. The largest absolute Gasteiger partial charge is 0.490 e. The Kier molecular flexibility index (Phi) is 17.2. The average Bonchev–Trinajstić information content (AvgIpc) is 3.93. The Balaban J connectivity index is 0.832. The molecule has 1 fully saturated rings. The first kappa shape index (κ1) is 58.3. The van der Waals surface area contributed by atoms with Gasteiger partial charge in [0.05, 0.1) is 19.7 Å². The van der Waals surface area contributed by atoms with Gasteiger partial charge in [-0.05, 0) is 68.9 Å². The number of aromatic nitrogens is 4. The fourth-order valence-electron chi connectivity index (χ4n) is 10.6. The number of fused-ring (bicyclic) bond motifs is 5. The van der Waals surface area contributed by atoms with E-state index in [1.807, 2.05) is 24.3 Å². The molecule has 6 heterocycles. The standard InChI is InChI=1S/C49H61N10O18P3/c1-5-57-20-9-12-28-22-32-36(24-34(28)57)73-37-25-35-29(13-10-21-58(35)6-2)23-33(37)40(32)30-14-7-8-15-31(30)46(63)55(3)19-11-16-39(60)51-17-18-52-49(64)75-43-38(26-72-79(68,69)77-80(70,71)76-78(65,66)67)74-47(42(43)61)59-27-56(4)41-44(59)53-48(50)54-45(41)62/h7-8,14-15,22-25,27,38,42-43,47,61H,5-6,9-13,16-21,26H2,1-4H3,(H7-2,50,51,52,53,54,60,62,64,65,66,67,68,69,70,71)/p+2/t38-,42-,43-,47-/m1/s1. The third-order valence-corrected chi connectivity index (χ3v) is 17.9. The molecule has 4 aliphatic heterocycles. The van der Waals surface area contributed by atoms with E-state index in [9.17, 15) is 47.8 Å². The highest BCUT2D eigenvalue weighted by Gasteiger charge is 2.52. The zero-order valence-corrected chi connectivity index (χ0v) is 46.7. The van der Waals surface area contributed by atoms with E-state index in [0.29, 0.717) is 5.56 Å². The summed E-state index contributed by atoms with van der Waals surface area (Å²) in [4.78, 5) is 101. The summed E-state index contributed by atoms with van der Waals surface area (Å²) < 4.78 is 70.9. The number of benzene rings is 3. The molecule has 31 heteroatoms. The van der Waals surface area contributed by atoms with Gasteiger partial charge < -0.3 is 65.1 Å². The van der Waals surface area contributed by atoms with Gasteiger partial charge in [-0.3, -0.25) is 28.5 Å². The summed E-state index contributed by atoms with van der Waals surface area (Å²) >= 11 is 0. The number of nitrogen functional groups attached to an aromatic ring is 1. The van der Waals surface area contributed by atoms with E-state index in [-0.39, 0.29) is 55.5 Å². The number of nitrogens with one attached hydrogen (secondary N) is 3. The maximum atomic E-state index is 14.5. The number of phosphoric acid groups is 3. The Morgan fingerprint density at radius 2 is 1.71 bits per heavy atom. The van der Waals surface area contributed by atoms with Crippen molar-refractivity contribution in [2.24, 2.45) is 7.05 Å². The third-order valence-electron chi connectivity index (χ3n) is 14.1. The topological polar surface area (TPSA) is 373 Å². The predicted octanol–water partition coefficient (Wildman–Crippen LogP) is 1.08. The first-order valence-electron chi connectivity index (χ1n) is 25.8. The highest BCUT2D eigenvalue weighted by molar-refractivity contribution is 7.66. The van der Waals surface area contributed by atoms with Crippen molar-refractivity contribution >= 4 is 69.7 Å². The third kappa shape index (κ3) is 12.7. The van der Waals surface area contributed by atoms with Gasteiger partial charge in [-0.25, -0.2) is 27.6 Å². The fourth-order valence-corrected chi connectivity index (χ4v) is 13.6. The summed E-state index contributed by atoms with van der Waals surface area (Å²) in [5.74, 6) is 0.530. The van der Waals surface area contributed by atoms with Crippen LogP contribution in [0.15, 0.2) is 59.7 Å². The molecule has 0 bridgehead atoms. The number of ether oxygens (including phenoxy) is 3. The summed E-state index contributed by atoms with van der Waals surface area (Å²) in [6.07, 6.45) is -2.59. The number of nitrogens with zero attached hydrogens (tertiary/aromatic N) is 6. The number of aliphatic hydroxyl groups excluding tert-OH is 1. The number of hydrogen-bond acceptors (Lipinski definition) is 17. The van der Waals surface area contributed by atoms with Crippen LogP contribution in [0.2, 0.25) is 0 Å². The van der Waals surface area contributed by atoms with Crippen molar-refractivity contribution in [2.75, 3.05) is 70.1 Å². The van der Waals surface area contributed by atoms with Crippen molar-refractivity contribution in [2.45, 2.75) is 76.9 Å². The Bertz CT molecular complexity index is 3610. The normalized spacial score (nSPS) is 20.1. The van der Waals surface area contributed by atoms with Gasteiger partial charge in [0.15, 0.2) is 18.5 Å². The van der Waals surface area contributed by atoms with Gasteiger partial charge in [-0.2, -0.15) is 8.62 Å². The molecule has 1 saturated heterocycles. The van der Waals surface area contributed by atoms with E-state index >= 15 is 0 Å². The van der Waals surface area contributed by atoms with E-state index in [0.717, 1.165) is 101 Å². The molecule has 0 radical (unpaired) electrons. The quantitative estimate of drug-likeness (QED) is 0.0293. The van der Waals surface area contributed by atoms with Crippen molar-refractivity contribution in [1.29, 1.82) is 0 Å². The smallest absolute Gasteiger partial charge is 0.456 e. The number of hydrogen-bond donors (Lipinski definition) is 9. The summed E-state index contributed by atoms with van der Waals surface area (Å²) in [5, 5.41) is 18.6. The van der Waals surface area contributed by atoms with Crippen molar-refractivity contribution < 1.29 is 84.7 Å². The van der Waals surface area contributed by atoms with Crippen LogP contribution < -0.4 is 51.3 Å². The molecule has 10 N–H and O–H groups in total. The van der Waals surface area contributed by atoms with Crippen LogP contribution in [0.25, 0.3) is 16.7 Å². The zero-order valence-electron chi connectivity index (χ0n) is 44.1. The first-order chi connectivity index (χ1) is 37.9. The number of carbonyl (C=O) groups is 3. The summed E-state index contributed by atoms with van der Waals surface area (Å²) in [5.41, 5.74) is 11.7. The number of rotatable bonds is 20. The monoisotopic (exact) mass is 1170 g/mol. The second-order valence-corrected chi connectivity index (χ2v) is 23.9. The van der Waals surface area contributed by atoms with Gasteiger partial charge in [0.1, 0.15) is 30.7 Å². The van der Waals surface area contributed by atoms with Gasteiger partial charge in [-0.15, -0.1) is 0 Å². The number of aromatic amines is 1. The Labute approximate surface area is 456 Å². The van der Waals surface area contributed by atoms with Crippen LogP contribution in [0, 0.1) is 0 Å². The van der Waals surface area contributed by atoms with Crippen LogP contribution in [0.3, 0.4) is 0 Å². The van der Waals surface area contributed by atoms with E-state index in [1.54, 1.807) is 11.9 Å². The lowest BCUT2D eigenvalue weighted by atomic mass is 9.86. The first-order valence-corrected chi connectivity index (χ1v) is 30.3. The SMILES string of the molecule is CCN1CCCc2cc3c(cc21)Oc1cc2c(cc1=C3c1ccccc1C(=O)N(C)CCCC(=O)NCCNC(=O)O[C@H]1[C@@H](O)[C@H]([n+]3cn(C)c4c(=O)[nH]c(N)nc43)O[C@@H]1COP(=O)(O)OP(=O)(O)OP(=O)(O)O)CCC[N+]=2CC. The van der Waals surface area contributed by atoms with Gasteiger partial charge in [0.2, 0.25) is 23.0 Å². The number of alkyl carbamates (subject to hydrolysis) is 1. The lowest BCUT2D eigenvalue weighted by molar-refractivity contribution is -0.745. The number of aryl methyl sites for hydroxylation is 3. The van der Waals surface area contributed by atoms with Gasteiger partial charge in [0, 0.05) is 91.8 Å². The molecule has 28 nitrogen and oxygen atoms in total. The maximum absolute atomic E-state index is 14.5. The maximum Gasteiger partial charge on any atom is 0.490 e. The molecule has 6 atom stereocenters. The van der Waals surface area contributed by atoms with E-state index < -0.39 is 72.2 Å². The molecule has 0 aliphatic carbocycles. The van der Waals surface area contributed by atoms with Crippen LogP contribution in [0.5, 0.6) is 11.5 Å². The van der Waals surface area contributed by atoms with Crippen LogP contribution in [-0.2, 0) is 61.0 Å². The minimum atomic E-state index is -5.92. The minimum Gasteiger partial charge on any atom is -0.456 e. The number of aliphatic hydroxyl groups is 1. The van der Waals surface area contributed by atoms with E-state index in [4.69, 9.17) is 34.3 Å². The highest BCUT2D eigenvalue weighted by atomic mass is 31.3. The lowest BCUT2D eigenvalue weighted by Crippen LogP contribution is -2.47. The summed E-state index contributed by atoms with van der Waals surface area (Å²) in [6, 6.07) is 16.3. The molecule has 4 aliphatic rings. The van der Waals surface area contributed by atoms with Crippen LogP contribution in [-0.4, -0.2) is 140 Å². The highest BCUT2D eigenvalue weighted by Crippen LogP contribution is 2.66. The molecule has 5 aromatic rings. The van der Waals surface area contributed by atoms with Crippen molar-refractivity contribution in [1.82, 2.24) is 34.6 Å². The molecule has 430 valence electrons. The molecule has 0 spiro atoms. The van der Waals surface area contributed by atoms with Gasteiger partial charge in [-0.1, -0.05) is 23.2 Å². The number of nitrogens with two attached hydrogens (primary N) is 1. The van der Waals surface area contributed by atoms with E-state index in [2.05, 4.69) is 76.8 Å². The second kappa shape index (κ2) is 23.6. The molecular weight excluding hydrogens is 1110 g/mol. The Morgan fingerprint density at radius 3 is 2.46 bits per heavy atom. The Hall–Kier alpha value is -6.38. The lowest BCUT2D eigenvalue weighted by Gasteiger charge is -2.33. The minimum absolute atomic E-state index is 0.0153. The van der Waals surface area contributed by atoms with Gasteiger partial charge >= 0.3 is 35.2 Å². The molecule has 9 rings (SSSR count). The molecule has 3 aromatic carbocycles. The van der Waals surface area contributed by atoms with Crippen molar-refractivity contribution in [3.8, 4) is 11.5 Å². The number of phosphoric ester groups is 1. The molecule has 0 saturated carbocycles. The van der Waals surface area contributed by atoms with E-state index in [1.165, 1.54) is 29.1 Å². The number of H-pyrrole nitrogens is 1. The number of amides is 3. The molecule has 2 unspecified atom stereocenters. The van der Waals surface area contributed by atoms with Crippen molar-refractivity contribution in [3.05, 3.63) is 104 Å². The van der Waals surface area contributed by atoms with Crippen LogP contribution >= 0.6 is 23.5 Å². The zero-order chi connectivity index (χ0) is 57.4. The number of anilines is 2. The molecular formula is C49H63N10O18P3+2. The van der Waals surface area contributed by atoms with Crippen molar-refractivity contribution in [3.63, 3.8) is 0 Å². The van der Waals surface area contributed by atoms with Crippen LogP contribution in [0.4, 0.5) is 16.4 Å². The fraction of sp³-hybridized carbons (Fsp3) is 0.449. The second-order valence-electron chi connectivity index (χ2n) is 19.5. The molecule has 80 heavy (non-hydrogen) atoms. The Morgan fingerprint density at radius 1 is 0.963 bits per heavy atom. The summed E-state index contributed by atoms with van der Waals surface area (Å²) in [6.45, 7) is 6.74. The molecule has 2 aromatic heterocycles. The average molecular weight is 1170 g/mol. The van der Waals surface area contributed by atoms with Crippen LogP contribution in [0.1, 0.15) is 78.4 Å². The summed E-state index contributed by atoms with van der Waals surface area (Å²) in [7, 11) is -14.2. The number of carbonyl (C=O) groups excluding carboxylic acids is 3. The van der Waals surface area contributed by atoms with Gasteiger partial charge in [0.25, 0.3) is 17.4 Å². The predicted molar refractivity (Wildman–Crippen MR) is 285 cm³/mol. The molecule has 3 amide bonds.